The van der Waals surface area contributed by atoms with Gasteiger partial charge in [-0.05, 0) is 56.4 Å². The van der Waals surface area contributed by atoms with E-state index in [2.05, 4.69) is 27.7 Å². The molecule has 1 fully saturated rings. The summed E-state index contributed by atoms with van der Waals surface area (Å²) in [5.74, 6) is 0. The maximum atomic E-state index is 6.09. The summed E-state index contributed by atoms with van der Waals surface area (Å²) in [5.41, 5.74) is 2.44. The second-order valence-corrected chi connectivity index (χ2v) is 7.65. The predicted molar refractivity (Wildman–Crippen MR) is 97.6 cm³/mol. The third kappa shape index (κ3) is 3.16. The summed E-state index contributed by atoms with van der Waals surface area (Å²) in [5, 5.41) is 1.11. The van der Waals surface area contributed by atoms with Gasteiger partial charge in [-0.25, -0.2) is 0 Å². The van der Waals surface area contributed by atoms with Crippen LogP contribution in [0.1, 0.15) is 27.7 Å². The van der Waals surface area contributed by atoms with Crippen molar-refractivity contribution < 1.29 is 9.31 Å². The van der Waals surface area contributed by atoms with Crippen molar-refractivity contribution in [2.45, 2.75) is 38.9 Å². The summed E-state index contributed by atoms with van der Waals surface area (Å²) in [6.45, 7) is 8.21. The highest BCUT2D eigenvalue weighted by Gasteiger charge is 2.51. The molecular weight excluding hydrogens is 330 g/mol. The third-order valence-electron chi connectivity index (χ3n) is 4.69. The number of benzene rings is 2. The van der Waals surface area contributed by atoms with Gasteiger partial charge in [0.05, 0.1) is 21.2 Å². The van der Waals surface area contributed by atoms with Gasteiger partial charge >= 0.3 is 7.12 Å². The molecule has 0 aromatic heterocycles. The smallest absolute Gasteiger partial charge is 0.399 e. The molecule has 1 aliphatic rings. The Bertz CT molecular complexity index is 710. The molecule has 0 radical (unpaired) electrons. The molecule has 120 valence electrons. The molecule has 5 heteroatoms. The fourth-order valence-electron chi connectivity index (χ4n) is 2.49. The molecule has 23 heavy (non-hydrogen) atoms. The zero-order valence-electron chi connectivity index (χ0n) is 13.7. The van der Waals surface area contributed by atoms with Crippen LogP contribution in [-0.4, -0.2) is 18.3 Å². The first-order valence-electron chi connectivity index (χ1n) is 7.61. The lowest BCUT2D eigenvalue weighted by Crippen LogP contribution is -2.41. The molecule has 0 N–H and O–H groups in total. The maximum absolute atomic E-state index is 6.09. The molecule has 0 atom stereocenters. The van der Waals surface area contributed by atoms with Gasteiger partial charge in [-0.3, -0.25) is 0 Å². The van der Waals surface area contributed by atoms with Crippen molar-refractivity contribution in [2.24, 2.45) is 0 Å². The van der Waals surface area contributed by atoms with E-state index in [1.807, 2.05) is 36.4 Å². The molecule has 0 bridgehead atoms. The third-order valence-corrected chi connectivity index (χ3v) is 5.43. The van der Waals surface area contributed by atoms with Crippen LogP contribution in [0.4, 0.5) is 0 Å². The lowest BCUT2D eigenvalue weighted by molar-refractivity contribution is 0.00578. The van der Waals surface area contributed by atoms with Crippen LogP contribution in [0.5, 0.6) is 0 Å². The molecule has 1 saturated heterocycles. The van der Waals surface area contributed by atoms with Crippen LogP contribution in [0.25, 0.3) is 11.1 Å². The predicted octanol–water partition coefficient (Wildman–Crippen LogP) is 4.96. The molecule has 2 nitrogen and oxygen atoms in total. The van der Waals surface area contributed by atoms with Crippen LogP contribution in [-0.2, 0) is 9.31 Å². The Morgan fingerprint density at radius 1 is 0.739 bits per heavy atom. The fourth-order valence-corrected chi connectivity index (χ4v) is 2.79. The second kappa shape index (κ2) is 5.82. The molecule has 0 saturated carbocycles. The molecule has 2 aromatic carbocycles. The SMILES string of the molecule is CC1(C)OB(c2ccc(-c3ccc(Cl)c(Cl)c3)cc2)OC1(C)C. The van der Waals surface area contributed by atoms with Gasteiger partial charge in [0.2, 0.25) is 0 Å². The lowest BCUT2D eigenvalue weighted by atomic mass is 9.78. The Labute approximate surface area is 147 Å². The summed E-state index contributed by atoms with van der Waals surface area (Å²) < 4.78 is 12.1. The molecule has 0 amide bonds. The molecule has 0 spiro atoms. The molecule has 0 aliphatic carbocycles. The molecular formula is C18H19BCl2O2. The average molecular weight is 349 g/mol. The Morgan fingerprint density at radius 3 is 1.78 bits per heavy atom. The topological polar surface area (TPSA) is 18.5 Å². The molecule has 2 aromatic rings. The van der Waals surface area contributed by atoms with Crippen LogP contribution < -0.4 is 5.46 Å². The zero-order chi connectivity index (χ0) is 16.8. The van der Waals surface area contributed by atoms with Gasteiger partial charge in [0.25, 0.3) is 0 Å². The Kier molecular flexibility index (Phi) is 4.26. The van der Waals surface area contributed by atoms with E-state index in [-0.39, 0.29) is 18.3 Å². The van der Waals surface area contributed by atoms with Gasteiger partial charge in [0, 0.05) is 0 Å². The van der Waals surface area contributed by atoms with Crippen molar-refractivity contribution >= 4 is 35.8 Å². The monoisotopic (exact) mass is 348 g/mol. The van der Waals surface area contributed by atoms with Gasteiger partial charge < -0.3 is 9.31 Å². The first-order chi connectivity index (χ1) is 10.7. The number of hydrogen-bond acceptors (Lipinski definition) is 2. The summed E-state index contributed by atoms with van der Waals surface area (Å²) in [6.07, 6.45) is 0. The Hall–Kier alpha value is -0.995. The van der Waals surface area contributed by atoms with Gasteiger partial charge in [0.15, 0.2) is 0 Å². The van der Waals surface area contributed by atoms with E-state index >= 15 is 0 Å². The van der Waals surface area contributed by atoms with E-state index in [1.54, 1.807) is 6.07 Å². The second-order valence-electron chi connectivity index (χ2n) is 6.84. The maximum Gasteiger partial charge on any atom is 0.494 e. The summed E-state index contributed by atoms with van der Waals surface area (Å²) in [6, 6.07) is 13.8. The highest BCUT2D eigenvalue weighted by atomic mass is 35.5. The number of hydrogen-bond donors (Lipinski definition) is 0. The molecule has 1 heterocycles. The van der Waals surface area contributed by atoms with E-state index in [0.717, 1.165) is 16.6 Å². The van der Waals surface area contributed by atoms with Crippen LogP contribution in [0.3, 0.4) is 0 Å². The van der Waals surface area contributed by atoms with Crippen molar-refractivity contribution in [1.82, 2.24) is 0 Å². The van der Waals surface area contributed by atoms with Crippen molar-refractivity contribution in [3.8, 4) is 11.1 Å². The van der Waals surface area contributed by atoms with Gasteiger partial charge in [-0.15, -0.1) is 0 Å². The average Bonchev–Trinajstić information content (AvgIpc) is 2.71. The van der Waals surface area contributed by atoms with Gasteiger partial charge in [-0.2, -0.15) is 0 Å². The van der Waals surface area contributed by atoms with Crippen molar-refractivity contribution in [3.05, 3.63) is 52.5 Å². The minimum Gasteiger partial charge on any atom is -0.399 e. The number of rotatable bonds is 2. The van der Waals surface area contributed by atoms with Crippen LogP contribution in [0.2, 0.25) is 10.0 Å². The zero-order valence-corrected chi connectivity index (χ0v) is 15.2. The normalized spacial score (nSPS) is 19.1. The lowest BCUT2D eigenvalue weighted by Gasteiger charge is -2.32. The molecule has 3 rings (SSSR count). The van der Waals surface area contributed by atoms with Crippen LogP contribution >= 0.6 is 23.2 Å². The number of halogens is 2. The van der Waals surface area contributed by atoms with Crippen LogP contribution in [0, 0.1) is 0 Å². The molecule has 1 aliphatic heterocycles. The van der Waals surface area contributed by atoms with E-state index in [4.69, 9.17) is 32.5 Å². The van der Waals surface area contributed by atoms with E-state index in [0.29, 0.717) is 10.0 Å². The van der Waals surface area contributed by atoms with Gasteiger partial charge in [0.1, 0.15) is 0 Å². The van der Waals surface area contributed by atoms with Crippen molar-refractivity contribution in [1.29, 1.82) is 0 Å². The van der Waals surface area contributed by atoms with E-state index in [9.17, 15) is 0 Å². The highest BCUT2D eigenvalue weighted by molar-refractivity contribution is 6.62. The van der Waals surface area contributed by atoms with E-state index < -0.39 is 0 Å². The van der Waals surface area contributed by atoms with Gasteiger partial charge in [-0.1, -0.05) is 53.5 Å². The highest BCUT2D eigenvalue weighted by Crippen LogP contribution is 2.36. The first kappa shape index (κ1) is 16.8. The van der Waals surface area contributed by atoms with Crippen LogP contribution in [0.15, 0.2) is 42.5 Å². The Balaban J connectivity index is 1.84. The van der Waals surface area contributed by atoms with Crippen molar-refractivity contribution in [2.75, 3.05) is 0 Å². The standard InChI is InChI=1S/C18H19BCl2O2/c1-17(2)18(3,4)23-19(22-17)14-8-5-12(6-9-14)13-7-10-15(20)16(21)11-13/h5-11H,1-4H3. The first-order valence-corrected chi connectivity index (χ1v) is 8.36. The largest absolute Gasteiger partial charge is 0.494 e. The van der Waals surface area contributed by atoms with Crippen molar-refractivity contribution in [3.63, 3.8) is 0 Å². The summed E-state index contributed by atoms with van der Waals surface area (Å²) in [4.78, 5) is 0. The minimum atomic E-state index is -0.345. The van der Waals surface area contributed by atoms with E-state index in [1.165, 1.54) is 0 Å². The minimum absolute atomic E-state index is 0.333. The Morgan fingerprint density at radius 2 is 1.26 bits per heavy atom. The fraction of sp³-hybridized carbons (Fsp3) is 0.333. The summed E-state index contributed by atoms with van der Waals surface area (Å²) >= 11 is 12.1. The molecule has 0 unspecified atom stereocenters. The summed E-state index contributed by atoms with van der Waals surface area (Å²) in [7, 11) is -0.345. The quantitative estimate of drug-likeness (QED) is 0.714.